The highest BCUT2D eigenvalue weighted by Gasteiger charge is 2.24. The lowest BCUT2D eigenvalue weighted by atomic mass is 10.1. The molecule has 1 aliphatic rings. The summed E-state index contributed by atoms with van der Waals surface area (Å²) in [5.41, 5.74) is 4.83. The maximum Gasteiger partial charge on any atom is 0.262 e. The molecule has 4 aromatic rings. The van der Waals surface area contributed by atoms with Crippen LogP contribution in [0, 0.1) is 0 Å². The van der Waals surface area contributed by atoms with Crippen molar-refractivity contribution in [1.29, 1.82) is 0 Å². The summed E-state index contributed by atoms with van der Waals surface area (Å²) in [6, 6.07) is 21.1. The summed E-state index contributed by atoms with van der Waals surface area (Å²) in [4.78, 5) is 3.61. The van der Waals surface area contributed by atoms with Crippen molar-refractivity contribution < 1.29 is 14.0 Å². The molecule has 0 amide bonds. The fraction of sp³-hybridized carbons (Fsp3) is 0.194. The highest BCUT2D eigenvalue weighted by molar-refractivity contribution is 8.03. The Balaban J connectivity index is 1.37. The molecular formula is C31H31N2O2S2+. The van der Waals surface area contributed by atoms with E-state index in [1.807, 2.05) is 41.3 Å². The maximum atomic E-state index is 5.44. The van der Waals surface area contributed by atoms with Crippen LogP contribution in [0.1, 0.15) is 30.0 Å². The van der Waals surface area contributed by atoms with Gasteiger partial charge in [0.15, 0.2) is 0 Å². The summed E-state index contributed by atoms with van der Waals surface area (Å²) < 4.78 is 14.4. The molecule has 0 N–H and O–H groups in total. The van der Waals surface area contributed by atoms with Crippen molar-refractivity contribution in [2.24, 2.45) is 0 Å². The number of ether oxygens (including phenoxy) is 2. The quantitative estimate of drug-likeness (QED) is 0.172. The zero-order chi connectivity index (χ0) is 25.8. The van der Waals surface area contributed by atoms with E-state index >= 15 is 0 Å². The molecule has 37 heavy (non-hydrogen) atoms. The molecule has 3 aromatic carbocycles. The summed E-state index contributed by atoms with van der Waals surface area (Å²) in [6.07, 6.45) is 10.9. The van der Waals surface area contributed by atoms with Gasteiger partial charge in [0.05, 0.1) is 24.9 Å². The van der Waals surface area contributed by atoms with Gasteiger partial charge in [0.2, 0.25) is 5.52 Å². The molecular weight excluding hydrogens is 496 g/mol. The Hall–Kier alpha value is -3.48. The first kappa shape index (κ1) is 25.2. The van der Waals surface area contributed by atoms with E-state index in [0.29, 0.717) is 0 Å². The number of hydrogen-bond donors (Lipinski definition) is 0. The highest BCUT2D eigenvalue weighted by Crippen LogP contribution is 2.47. The normalized spacial score (nSPS) is 14.4. The number of thiazole rings is 1. The Bertz CT molecular complexity index is 1500. The molecule has 2 heterocycles. The van der Waals surface area contributed by atoms with Crippen molar-refractivity contribution in [2.75, 3.05) is 25.7 Å². The van der Waals surface area contributed by atoms with Gasteiger partial charge in [-0.15, -0.1) is 0 Å². The van der Waals surface area contributed by atoms with Crippen LogP contribution in [0.25, 0.3) is 28.4 Å². The lowest BCUT2D eigenvalue weighted by molar-refractivity contribution is -0.665. The monoisotopic (exact) mass is 527 g/mol. The van der Waals surface area contributed by atoms with Crippen LogP contribution in [0.15, 0.2) is 82.7 Å². The predicted octanol–water partition coefficient (Wildman–Crippen LogP) is 7.88. The van der Waals surface area contributed by atoms with Gasteiger partial charge in [0.1, 0.15) is 22.7 Å². The summed E-state index contributed by atoms with van der Waals surface area (Å²) >= 11 is 3.64. The Morgan fingerprint density at radius 2 is 1.57 bits per heavy atom. The fourth-order valence-corrected chi connectivity index (χ4v) is 6.76. The number of rotatable bonds is 8. The molecule has 0 spiro atoms. The van der Waals surface area contributed by atoms with Crippen molar-refractivity contribution >= 4 is 57.2 Å². The largest absolute Gasteiger partial charge is 0.497 e. The number of hydrogen-bond acceptors (Lipinski definition) is 5. The van der Waals surface area contributed by atoms with Gasteiger partial charge < -0.3 is 14.4 Å². The van der Waals surface area contributed by atoms with Gasteiger partial charge in [-0.2, -0.15) is 4.57 Å². The first-order chi connectivity index (χ1) is 18.1. The summed E-state index contributed by atoms with van der Waals surface area (Å²) in [6.45, 7) is 6.23. The Morgan fingerprint density at radius 3 is 2.30 bits per heavy atom. The average Bonchev–Trinajstić information content (AvgIpc) is 3.47. The molecule has 0 aliphatic carbocycles. The maximum absolute atomic E-state index is 5.44. The third-order valence-electron chi connectivity index (χ3n) is 6.39. The van der Waals surface area contributed by atoms with E-state index in [0.717, 1.165) is 30.2 Å². The molecule has 1 aromatic heterocycles. The number of benzene rings is 3. The van der Waals surface area contributed by atoms with Crippen LogP contribution in [0.5, 0.6) is 11.5 Å². The molecule has 0 saturated carbocycles. The third kappa shape index (κ3) is 5.31. The zero-order valence-corrected chi connectivity index (χ0v) is 23.2. The van der Waals surface area contributed by atoms with Crippen LogP contribution >= 0.6 is 23.1 Å². The lowest BCUT2D eigenvalue weighted by Gasteiger charge is -2.18. The van der Waals surface area contributed by atoms with Gasteiger partial charge in [0, 0.05) is 29.6 Å². The minimum Gasteiger partial charge on any atom is -0.497 e. The second-order valence-corrected chi connectivity index (χ2v) is 10.7. The van der Waals surface area contributed by atoms with E-state index in [4.69, 9.17) is 9.47 Å². The van der Waals surface area contributed by atoms with Crippen molar-refractivity contribution in [2.45, 2.75) is 25.3 Å². The predicted molar refractivity (Wildman–Crippen MR) is 159 cm³/mol. The first-order valence-corrected chi connectivity index (χ1v) is 14.1. The van der Waals surface area contributed by atoms with Crippen LogP contribution < -0.4 is 18.9 Å². The molecule has 4 nitrogen and oxygen atoms in total. The number of anilines is 1. The van der Waals surface area contributed by atoms with Gasteiger partial charge >= 0.3 is 0 Å². The molecule has 0 fully saturated rings. The van der Waals surface area contributed by atoms with E-state index in [1.54, 1.807) is 14.2 Å². The van der Waals surface area contributed by atoms with Crippen molar-refractivity contribution in [3.63, 3.8) is 0 Å². The minimum atomic E-state index is 0.871. The zero-order valence-electron chi connectivity index (χ0n) is 21.6. The van der Waals surface area contributed by atoms with Crippen molar-refractivity contribution in [3.8, 4) is 11.5 Å². The van der Waals surface area contributed by atoms with Gasteiger partial charge in [-0.25, -0.2) is 0 Å². The summed E-state index contributed by atoms with van der Waals surface area (Å²) in [7, 11) is 3.40. The molecule has 1 aliphatic heterocycles. The Labute approximate surface area is 227 Å². The number of allylic oxidation sites excluding steroid dienone is 2. The number of fused-ring (bicyclic) bond motifs is 2. The topological polar surface area (TPSA) is 25.6 Å². The summed E-state index contributed by atoms with van der Waals surface area (Å²) in [5, 5.41) is 2.48. The number of aromatic nitrogens is 1. The molecule has 0 unspecified atom stereocenters. The summed E-state index contributed by atoms with van der Waals surface area (Å²) in [5.74, 6) is 1.76. The molecule has 5 rings (SSSR count). The molecule has 0 atom stereocenters. The Morgan fingerprint density at radius 1 is 0.838 bits per heavy atom. The van der Waals surface area contributed by atoms with Gasteiger partial charge in [-0.1, -0.05) is 53.5 Å². The number of nitrogens with zero attached hydrogens (tertiary/aromatic N) is 2. The average molecular weight is 528 g/mol. The molecule has 6 heteroatoms. The standard InChI is InChI=1S/C31H31N2O2S2/c1-5-32-26-18-14-23(11-10-22-12-15-24(34-3)16-13-22)20-29(26)37-30(32)8-7-9-31-33(6-2)27-21-25(35-4)17-19-28(27)36-31/h7-21H,5-6H2,1-4H3/q+1/b11-10+. The van der Waals surface area contributed by atoms with Gasteiger partial charge in [0.25, 0.3) is 5.01 Å². The molecule has 0 saturated heterocycles. The second kappa shape index (κ2) is 11.3. The van der Waals surface area contributed by atoms with Crippen molar-refractivity contribution in [3.05, 3.63) is 94.0 Å². The van der Waals surface area contributed by atoms with E-state index in [1.165, 1.54) is 36.4 Å². The van der Waals surface area contributed by atoms with E-state index < -0.39 is 0 Å². The van der Waals surface area contributed by atoms with Crippen LogP contribution in [0.4, 0.5) is 5.69 Å². The minimum absolute atomic E-state index is 0.871. The number of aryl methyl sites for hydroxylation is 1. The smallest absolute Gasteiger partial charge is 0.262 e. The molecule has 0 bridgehead atoms. The fourth-order valence-electron chi connectivity index (χ4n) is 4.45. The second-order valence-electron chi connectivity index (χ2n) is 8.56. The number of methoxy groups -OCH3 is 2. The van der Waals surface area contributed by atoms with Gasteiger partial charge in [-0.05, 0) is 67.4 Å². The van der Waals surface area contributed by atoms with Crippen LogP contribution in [-0.2, 0) is 6.54 Å². The SMILES string of the molecule is CCN1/C(=C/C=C\c2sc3cc(/C=C/c4ccc(OC)cc4)ccc3[n+]2CC)Sc2ccc(OC)cc21. The molecule has 188 valence electrons. The molecule has 0 radical (unpaired) electrons. The highest BCUT2D eigenvalue weighted by atomic mass is 32.2. The number of thioether (sulfide) groups is 1. The van der Waals surface area contributed by atoms with E-state index in [9.17, 15) is 0 Å². The lowest BCUT2D eigenvalue weighted by Crippen LogP contribution is -2.33. The van der Waals surface area contributed by atoms with Crippen LogP contribution in [0.2, 0.25) is 0 Å². The third-order valence-corrected chi connectivity index (χ3v) is 8.63. The first-order valence-electron chi connectivity index (χ1n) is 12.4. The van der Waals surface area contributed by atoms with Crippen LogP contribution in [0.3, 0.4) is 0 Å². The Kier molecular flexibility index (Phi) is 7.68. The van der Waals surface area contributed by atoms with Crippen LogP contribution in [-0.4, -0.2) is 20.8 Å². The van der Waals surface area contributed by atoms with E-state index in [2.05, 4.69) is 96.2 Å². The van der Waals surface area contributed by atoms with Crippen molar-refractivity contribution in [1.82, 2.24) is 0 Å². The van der Waals surface area contributed by atoms with E-state index in [-0.39, 0.29) is 0 Å². The van der Waals surface area contributed by atoms with Gasteiger partial charge in [-0.3, -0.25) is 0 Å².